The zero-order valence-electron chi connectivity index (χ0n) is 15.3. The van der Waals surface area contributed by atoms with Crippen molar-refractivity contribution in [3.05, 3.63) is 35.4 Å². The summed E-state index contributed by atoms with van der Waals surface area (Å²) in [6.45, 7) is 11.5. The van der Waals surface area contributed by atoms with E-state index in [0.29, 0.717) is 13.2 Å². The topological polar surface area (TPSA) is 41.9 Å². The second-order valence-corrected chi connectivity index (χ2v) is 7.15. The Labute approximate surface area is 141 Å². The van der Waals surface area contributed by atoms with E-state index in [4.69, 9.17) is 9.47 Å². The minimum atomic E-state index is -0.485. The maximum Gasteiger partial charge on any atom is 0.0900 e. The molecule has 1 atom stereocenters. The van der Waals surface area contributed by atoms with E-state index in [1.165, 1.54) is 11.1 Å². The number of ether oxygens (including phenoxy) is 2. The van der Waals surface area contributed by atoms with E-state index in [9.17, 15) is 5.11 Å². The highest BCUT2D eigenvalue weighted by Gasteiger charge is 2.16. The van der Waals surface area contributed by atoms with Crippen LogP contribution >= 0.6 is 0 Å². The first kappa shape index (κ1) is 20.1. The number of rotatable bonds is 10. The van der Waals surface area contributed by atoms with Crippen LogP contribution < -0.4 is 0 Å². The molecule has 0 aliphatic carbocycles. The van der Waals surface area contributed by atoms with Gasteiger partial charge in [-0.2, -0.15) is 0 Å². The summed E-state index contributed by atoms with van der Waals surface area (Å²) in [5.74, 6) is 0. The number of benzene rings is 1. The van der Waals surface area contributed by atoms with Crippen LogP contribution in [0.15, 0.2) is 24.3 Å². The number of hydrogen-bond donors (Lipinski definition) is 1. The highest BCUT2D eigenvalue weighted by molar-refractivity contribution is 5.22. The molecule has 1 aromatic carbocycles. The molecule has 0 saturated heterocycles. The van der Waals surface area contributed by atoms with Crippen molar-refractivity contribution in [1.82, 2.24) is 4.90 Å². The normalized spacial score (nSPS) is 13.5. The average Bonchev–Trinajstić information content (AvgIpc) is 2.44. The summed E-state index contributed by atoms with van der Waals surface area (Å²) in [4.78, 5) is 2.27. The summed E-state index contributed by atoms with van der Waals surface area (Å²) in [7, 11) is 1.72. The molecule has 0 fully saturated rings. The molecule has 1 aromatic rings. The fourth-order valence-electron chi connectivity index (χ4n) is 2.43. The third-order valence-electron chi connectivity index (χ3n) is 3.49. The van der Waals surface area contributed by atoms with Crippen molar-refractivity contribution in [2.24, 2.45) is 0 Å². The standard InChI is InChI=1S/C19H33NO3/c1-16-8-6-9-17(12-16)13-20(10-7-11-22-5)14-18(21)15-23-19(2,3)4/h6,8-9,12,18,21H,7,10-11,13-15H2,1-5H3/t18-/m1/s1. The van der Waals surface area contributed by atoms with Crippen molar-refractivity contribution in [1.29, 1.82) is 0 Å². The molecule has 0 amide bonds. The van der Waals surface area contributed by atoms with Gasteiger partial charge in [0.15, 0.2) is 0 Å². The molecule has 0 radical (unpaired) electrons. The van der Waals surface area contributed by atoms with Crippen LogP contribution in [0.2, 0.25) is 0 Å². The van der Waals surface area contributed by atoms with Crippen molar-refractivity contribution in [3.8, 4) is 0 Å². The minimum Gasteiger partial charge on any atom is -0.389 e. The zero-order chi connectivity index (χ0) is 17.3. The zero-order valence-corrected chi connectivity index (χ0v) is 15.3. The van der Waals surface area contributed by atoms with E-state index in [1.54, 1.807) is 7.11 Å². The molecule has 0 aliphatic rings. The van der Waals surface area contributed by atoms with E-state index in [0.717, 1.165) is 26.1 Å². The number of aliphatic hydroxyl groups excluding tert-OH is 1. The maximum atomic E-state index is 10.3. The summed E-state index contributed by atoms with van der Waals surface area (Å²) in [6.07, 6.45) is 0.469. The quantitative estimate of drug-likeness (QED) is 0.672. The van der Waals surface area contributed by atoms with Crippen molar-refractivity contribution >= 4 is 0 Å². The third-order valence-corrected chi connectivity index (χ3v) is 3.49. The summed E-state index contributed by atoms with van der Waals surface area (Å²) < 4.78 is 10.8. The Bertz CT molecular complexity index is 442. The Morgan fingerprint density at radius 3 is 2.61 bits per heavy atom. The lowest BCUT2D eigenvalue weighted by atomic mass is 10.1. The number of aryl methyl sites for hydroxylation is 1. The van der Waals surface area contributed by atoms with Gasteiger partial charge in [-0.25, -0.2) is 0 Å². The van der Waals surface area contributed by atoms with Gasteiger partial charge in [0.05, 0.1) is 18.3 Å². The molecule has 4 nitrogen and oxygen atoms in total. The SMILES string of the molecule is COCCCN(Cc1cccc(C)c1)C[C@@H](O)COC(C)(C)C. The second kappa shape index (κ2) is 10.0. The molecule has 1 rings (SSSR count). The van der Waals surface area contributed by atoms with E-state index >= 15 is 0 Å². The van der Waals surface area contributed by atoms with Gasteiger partial charge < -0.3 is 14.6 Å². The van der Waals surface area contributed by atoms with Crippen LogP contribution in [0.4, 0.5) is 0 Å². The monoisotopic (exact) mass is 323 g/mol. The molecular formula is C19H33NO3. The minimum absolute atomic E-state index is 0.224. The molecule has 132 valence electrons. The molecule has 4 heteroatoms. The van der Waals surface area contributed by atoms with Crippen LogP contribution in [-0.4, -0.2) is 55.1 Å². The van der Waals surface area contributed by atoms with E-state index in [-0.39, 0.29) is 5.60 Å². The Kier molecular flexibility index (Phi) is 8.77. The largest absolute Gasteiger partial charge is 0.389 e. The van der Waals surface area contributed by atoms with Gasteiger partial charge in [0.1, 0.15) is 0 Å². The van der Waals surface area contributed by atoms with Gasteiger partial charge in [0.2, 0.25) is 0 Å². The summed E-state index contributed by atoms with van der Waals surface area (Å²) >= 11 is 0. The molecular weight excluding hydrogens is 290 g/mol. The Balaban J connectivity index is 2.57. The smallest absolute Gasteiger partial charge is 0.0900 e. The van der Waals surface area contributed by atoms with E-state index < -0.39 is 6.10 Å². The third kappa shape index (κ3) is 9.72. The van der Waals surface area contributed by atoms with E-state index in [1.807, 2.05) is 20.8 Å². The Hall–Kier alpha value is -0.940. The van der Waals surface area contributed by atoms with Crippen molar-refractivity contribution in [3.63, 3.8) is 0 Å². The number of methoxy groups -OCH3 is 1. The van der Waals surface area contributed by atoms with Gasteiger partial charge in [-0.1, -0.05) is 29.8 Å². The van der Waals surface area contributed by atoms with Crippen LogP contribution in [-0.2, 0) is 16.0 Å². The Morgan fingerprint density at radius 2 is 2.00 bits per heavy atom. The summed E-state index contributed by atoms with van der Waals surface area (Å²) in [5, 5.41) is 10.3. The van der Waals surface area contributed by atoms with Crippen LogP contribution in [0, 0.1) is 6.92 Å². The van der Waals surface area contributed by atoms with Gasteiger partial charge in [0.25, 0.3) is 0 Å². The first-order valence-electron chi connectivity index (χ1n) is 8.39. The average molecular weight is 323 g/mol. The number of aliphatic hydroxyl groups is 1. The fraction of sp³-hybridized carbons (Fsp3) is 0.684. The first-order valence-corrected chi connectivity index (χ1v) is 8.39. The number of nitrogens with zero attached hydrogens (tertiary/aromatic N) is 1. The lowest BCUT2D eigenvalue weighted by Gasteiger charge is -2.27. The highest BCUT2D eigenvalue weighted by atomic mass is 16.5. The molecule has 0 aliphatic heterocycles. The predicted molar refractivity (Wildman–Crippen MR) is 94.7 cm³/mol. The summed E-state index contributed by atoms with van der Waals surface area (Å²) in [5.41, 5.74) is 2.31. The van der Waals surface area contributed by atoms with Crippen LogP contribution in [0.5, 0.6) is 0 Å². The molecule has 0 heterocycles. The second-order valence-electron chi connectivity index (χ2n) is 7.15. The van der Waals surface area contributed by atoms with E-state index in [2.05, 4.69) is 36.1 Å². The maximum absolute atomic E-state index is 10.3. The van der Waals surface area contributed by atoms with Crippen LogP contribution in [0.25, 0.3) is 0 Å². The summed E-state index contributed by atoms with van der Waals surface area (Å²) in [6, 6.07) is 8.51. The van der Waals surface area contributed by atoms with Crippen LogP contribution in [0.1, 0.15) is 38.3 Å². The van der Waals surface area contributed by atoms with Gasteiger partial charge in [-0.3, -0.25) is 4.90 Å². The van der Waals surface area contributed by atoms with Crippen molar-refractivity contribution in [2.75, 3.05) is 33.4 Å². The van der Waals surface area contributed by atoms with Gasteiger partial charge in [-0.05, 0) is 39.7 Å². The molecule has 0 unspecified atom stereocenters. The number of hydrogen-bond acceptors (Lipinski definition) is 4. The lowest BCUT2D eigenvalue weighted by molar-refractivity contribution is -0.0569. The lowest BCUT2D eigenvalue weighted by Crippen LogP contribution is -2.37. The molecule has 0 spiro atoms. The molecule has 0 aromatic heterocycles. The van der Waals surface area contributed by atoms with Crippen molar-refractivity contribution < 1.29 is 14.6 Å². The molecule has 23 heavy (non-hydrogen) atoms. The fourth-order valence-corrected chi connectivity index (χ4v) is 2.43. The molecule has 0 bridgehead atoms. The highest BCUT2D eigenvalue weighted by Crippen LogP contribution is 2.11. The first-order chi connectivity index (χ1) is 10.8. The van der Waals surface area contributed by atoms with Gasteiger partial charge in [-0.15, -0.1) is 0 Å². The predicted octanol–water partition coefficient (Wildman–Crippen LogP) is 3.01. The van der Waals surface area contributed by atoms with Gasteiger partial charge >= 0.3 is 0 Å². The molecule has 0 saturated carbocycles. The van der Waals surface area contributed by atoms with Crippen molar-refractivity contribution in [2.45, 2.75) is 52.4 Å². The molecule has 1 N–H and O–H groups in total. The van der Waals surface area contributed by atoms with Crippen LogP contribution in [0.3, 0.4) is 0 Å². The van der Waals surface area contributed by atoms with Gasteiger partial charge in [0, 0.05) is 33.4 Å². The Morgan fingerprint density at radius 1 is 1.26 bits per heavy atom.